The zero-order valence-electron chi connectivity index (χ0n) is 13.3. The summed E-state index contributed by atoms with van der Waals surface area (Å²) in [5.74, 6) is 0. The van der Waals surface area contributed by atoms with E-state index in [1.807, 2.05) is 60.7 Å². The highest BCUT2D eigenvalue weighted by atomic mass is 19.1. The third-order valence-electron chi connectivity index (χ3n) is 3.95. The van der Waals surface area contributed by atoms with Crippen LogP contribution in [0.2, 0.25) is 0 Å². The minimum atomic E-state index is -1.58. The molecule has 1 fully saturated rings. The van der Waals surface area contributed by atoms with E-state index in [2.05, 4.69) is 0 Å². The summed E-state index contributed by atoms with van der Waals surface area (Å²) in [5.41, 5.74) is 1.96. The van der Waals surface area contributed by atoms with E-state index in [0.29, 0.717) is 6.61 Å². The molecule has 1 aliphatic heterocycles. The minimum absolute atomic E-state index is 0.159. The van der Waals surface area contributed by atoms with E-state index < -0.39 is 24.7 Å². The average molecular weight is 332 g/mol. The normalized spacial score (nSPS) is 26.6. The Morgan fingerprint density at radius 2 is 1.50 bits per heavy atom. The van der Waals surface area contributed by atoms with Crippen LogP contribution in [0.15, 0.2) is 60.7 Å². The van der Waals surface area contributed by atoms with Gasteiger partial charge in [0.2, 0.25) is 0 Å². The molecule has 0 bridgehead atoms. The lowest BCUT2D eigenvalue weighted by Gasteiger charge is -2.20. The lowest BCUT2D eigenvalue weighted by Crippen LogP contribution is -2.34. The van der Waals surface area contributed by atoms with E-state index >= 15 is 0 Å². The molecule has 4 atom stereocenters. The van der Waals surface area contributed by atoms with Crippen molar-refractivity contribution in [1.29, 1.82) is 0 Å². The number of halogens is 1. The number of ether oxygens (including phenoxy) is 3. The van der Waals surface area contributed by atoms with Gasteiger partial charge in [-0.1, -0.05) is 60.7 Å². The Morgan fingerprint density at radius 3 is 2.12 bits per heavy atom. The highest BCUT2D eigenvalue weighted by molar-refractivity contribution is 5.14. The van der Waals surface area contributed by atoms with Gasteiger partial charge in [-0.3, -0.25) is 0 Å². The van der Waals surface area contributed by atoms with Gasteiger partial charge in [0, 0.05) is 0 Å². The predicted molar refractivity (Wildman–Crippen MR) is 86.9 cm³/mol. The van der Waals surface area contributed by atoms with E-state index in [4.69, 9.17) is 14.2 Å². The first kappa shape index (κ1) is 17.0. The predicted octanol–water partition coefficient (Wildman–Crippen LogP) is 2.84. The molecule has 2 aromatic rings. The van der Waals surface area contributed by atoms with Gasteiger partial charge in [-0.05, 0) is 11.1 Å². The topological polar surface area (TPSA) is 47.9 Å². The molecule has 1 aliphatic rings. The molecule has 0 aliphatic carbocycles. The molecule has 1 heterocycles. The van der Waals surface area contributed by atoms with Crippen LogP contribution in [0.3, 0.4) is 0 Å². The molecule has 0 aromatic heterocycles. The van der Waals surface area contributed by atoms with Gasteiger partial charge in [0.15, 0.2) is 12.5 Å². The summed E-state index contributed by atoms with van der Waals surface area (Å²) < 4.78 is 30.6. The maximum Gasteiger partial charge on any atom is 0.189 e. The van der Waals surface area contributed by atoms with Crippen molar-refractivity contribution in [3.05, 3.63) is 71.8 Å². The van der Waals surface area contributed by atoms with E-state index in [1.165, 1.54) is 0 Å². The van der Waals surface area contributed by atoms with Crippen molar-refractivity contribution in [3.8, 4) is 0 Å². The molecule has 24 heavy (non-hydrogen) atoms. The molecular formula is C19H21FO4. The number of aliphatic hydroxyl groups is 1. The van der Waals surface area contributed by atoms with Gasteiger partial charge in [0.1, 0.15) is 12.2 Å². The van der Waals surface area contributed by atoms with Crippen molar-refractivity contribution in [2.45, 2.75) is 37.9 Å². The molecule has 3 rings (SSSR count). The van der Waals surface area contributed by atoms with Gasteiger partial charge in [0.25, 0.3) is 0 Å². The van der Waals surface area contributed by atoms with Crippen LogP contribution in [0.5, 0.6) is 0 Å². The van der Waals surface area contributed by atoms with Crippen molar-refractivity contribution < 1.29 is 23.7 Å². The van der Waals surface area contributed by atoms with Crippen molar-refractivity contribution in [1.82, 2.24) is 0 Å². The van der Waals surface area contributed by atoms with E-state index in [0.717, 1.165) is 11.1 Å². The van der Waals surface area contributed by atoms with Crippen molar-refractivity contribution >= 4 is 0 Å². The fourth-order valence-electron chi connectivity index (χ4n) is 2.67. The second-order valence-electron chi connectivity index (χ2n) is 5.77. The summed E-state index contributed by atoms with van der Waals surface area (Å²) in [6.07, 6.45) is -4.55. The van der Waals surface area contributed by atoms with Crippen molar-refractivity contribution in [2.75, 3.05) is 6.61 Å². The molecule has 0 amide bonds. The molecule has 1 unspecified atom stereocenters. The number of aliphatic hydroxyl groups excluding tert-OH is 1. The Labute approximate surface area is 140 Å². The maximum atomic E-state index is 14.1. The van der Waals surface area contributed by atoms with Gasteiger partial charge in [0.05, 0.1) is 19.8 Å². The van der Waals surface area contributed by atoms with Gasteiger partial charge >= 0.3 is 0 Å². The van der Waals surface area contributed by atoms with Crippen LogP contribution < -0.4 is 0 Å². The number of benzene rings is 2. The molecule has 1 N–H and O–H groups in total. The van der Waals surface area contributed by atoms with Crippen LogP contribution in [-0.4, -0.2) is 36.4 Å². The molecule has 0 saturated carbocycles. The fourth-order valence-corrected chi connectivity index (χ4v) is 2.67. The number of hydrogen-bond donors (Lipinski definition) is 1. The zero-order chi connectivity index (χ0) is 16.8. The molecule has 0 spiro atoms. The minimum Gasteiger partial charge on any atom is -0.374 e. The third kappa shape index (κ3) is 4.39. The van der Waals surface area contributed by atoms with Gasteiger partial charge in [-0.25, -0.2) is 4.39 Å². The molecule has 128 valence electrons. The monoisotopic (exact) mass is 332 g/mol. The second kappa shape index (κ2) is 8.35. The summed E-state index contributed by atoms with van der Waals surface area (Å²) in [4.78, 5) is 0. The Balaban J connectivity index is 1.52. The highest BCUT2D eigenvalue weighted by Gasteiger charge is 2.45. The lowest BCUT2D eigenvalue weighted by atomic mass is 10.1. The van der Waals surface area contributed by atoms with Gasteiger partial charge in [-0.15, -0.1) is 0 Å². The van der Waals surface area contributed by atoms with Crippen LogP contribution in [-0.2, 0) is 27.4 Å². The standard InChI is InChI=1S/C19H21FO4/c20-17-18(23-12-15-9-5-2-6-10-15)16(24-19(17)21)13-22-11-14-7-3-1-4-8-14/h1-10,16-19,21H,11-13H2/t16-,17-,18-,19?/m1/s1. The van der Waals surface area contributed by atoms with Crippen LogP contribution in [0, 0.1) is 0 Å². The van der Waals surface area contributed by atoms with Crippen LogP contribution in [0.1, 0.15) is 11.1 Å². The first-order valence-corrected chi connectivity index (χ1v) is 7.99. The zero-order valence-corrected chi connectivity index (χ0v) is 13.3. The quantitative estimate of drug-likeness (QED) is 0.847. The lowest BCUT2D eigenvalue weighted by molar-refractivity contribution is -0.129. The fraction of sp³-hybridized carbons (Fsp3) is 0.368. The average Bonchev–Trinajstić information content (AvgIpc) is 2.89. The van der Waals surface area contributed by atoms with E-state index in [-0.39, 0.29) is 13.2 Å². The van der Waals surface area contributed by atoms with Crippen molar-refractivity contribution in [2.24, 2.45) is 0 Å². The molecule has 4 nitrogen and oxygen atoms in total. The molecule has 1 saturated heterocycles. The Kier molecular flexibility index (Phi) is 5.93. The number of hydrogen-bond acceptors (Lipinski definition) is 4. The van der Waals surface area contributed by atoms with E-state index in [9.17, 15) is 9.50 Å². The largest absolute Gasteiger partial charge is 0.374 e. The van der Waals surface area contributed by atoms with Crippen LogP contribution >= 0.6 is 0 Å². The SMILES string of the molecule is OC1O[C@H](COCc2ccccc2)[C@@H](OCc2ccccc2)[C@H]1F. The smallest absolute Gasteiger partial charge is 0.189 e. The molecule has 5 heteroatoms. The maximum absolute atomic E-state index is 14.1. The second-order valence-corrected chi connectivity index (χ2v) is 5.77. The Hall–Kier alpha value is -1.79. The van der Waals surface area contributed by atoms with Crippen LogP contribution in [0.25, 0.3) is 0 Å². The summed E-state index contributed by atoms with van der Waals surface area (Å²) in [6, 6.07) is 19.2. The number of alkyl halides is 1. The summed E-state index contributed by atoms with van der Waals surface area (Å²) in [5, 5.41) is 9.62. The van der Waals surface area contributed by atoms with Crippen LogP contribution in [0.4, 0.5) is 4.39 Å². The number of rotatable bonds is 7. The van der Waals surface area contributed by atoms with Gasteiger partial charge in [-0.2, -0.15) is 0 Å². The third-order valence-corrected chi connectivity index (χ3v) is 3.95. The highest BCUT2D eigenvalue weighted by Crippen LogP contribution is 2.26. The molecule has 2 aromatic carbocycles. The Bertz CT molecular complexity index is 607. The first-order chi connectivity index (χ1) is 11.7. The summed E-state index contributed by atoms with van der Waals surface area (Å²) in [6.45, 7) is 0.822. The molecular weight excluding hydrogens is 311 g/mol. The van der Waals surface area contributed by atoms with E-state index in [1.54, 1.807) is 0 Å². The first-order valence-electron chi connectivity index (χ1n) is 7.99. The Morgan fingerprint density at radius 1 is 0.917 bits per heavy atom. The summed E-state index contributed by atoms with van der Waals surface area (Å²) in [7, 11) is 0. The van der Waals surface area contributed by atoms with Gasteiger partial charge < -0.3 is 19.3 Å². The summed E-state index contributed by atoms with van der Waals surface area (Å²) >= 11 is 0. The van der Waals surface area contributed by atoms with Crippen molar-refractivity contribution in [3.63, 3.8) is 0 Å². The molecule has 0 radical (unpaired) electrons.